The monoisotopic (exact) mass is 247 g/mol. The van der Waals surface area contributed by atoms with Crippen molar-refractivity contribution in [3.8, 4) is 5.75 Å². The highest BCUT2D eigenvalue weighted by Gasteiger charge is 2.03. The van der Waals surface area contributed by atoms with Gasteiger partial charge in [0.2, 0.25) is 0 Å². The molecule has 0 heterocycles. The van der Waals surface area contributed by atoms with E-state index < -0.39 is 0 Å². The second kappa shape index (κ2) is 8.73. The van der Waals surface area contributed by atoms with E-state index in [0.29, 0.717) is 0 Å². The van der Waals surface area contributed by atoms with Gasteiger partial charge in [-0.2, -0.15) is 0 Å². The van der Waals surface area contributed by atoms with E-state index in [2.05, 4.69) is 18.8 Å². The summed E-state index contributed by atoms with van der Waals surface area (Å²) >= 11 is 0. The summed E-state index contributed by atoms with van der Waals surface area (Å²) in [6.07, 6.45) is 7.08. The lowest BCUT2D eigenvalue weighted by Crippen LogP contribution is -2.03. The molecule has 0 bridgehead atoms. The molecule has 0 fully saturated rings. The topological polar surface area (TPSA) is 21.6 Å². The van der Waals surface area contributed by atoms with Gasteiger partial charge in [0.15, 0.2) is 0 Å². The third kappa shape index (κ3) is 5.35. The average Bonchev–Trinajstić information content (AvgIpc) is 2.43. The van der Waals surface area contributed by atoms with Crippen LogP contribution in [-0.4, -0.2) is 19.9 Å². The number of hydrogen-bond donors (Lipinski definition) is 0. The van der Waals surface area contributed by atoms with Gasteiger partial charge in [-0.25, -0.2) is 0 Å². The van der Waals surface area contributed by atoms with Crippen LogP contribution in [-0.2, 0) is 0 Å². The summed E-state index contributed by atoms with van der Waals surface area (Å²) in [4.78, 5) is 4.56. The number of hydrogen-bond acceptors (Lipinski definition) is 2. The van der Waals surface area contributed by atoms with Crippen molar-refractivity contribution in [3.63, 3.8) is 0 Å². The smallest absolute Gasteiger partial charge is 0.118 e. The maximum absolute atomic E-state index is 5.13. The standard InChI is InChI=1S/C16H25NO/c1-4-6-7-14(5-2)12-17-13-15-8-10-16(18-3)11-9-15/h8-11,13-14H,4-7,12H2,1-3H3. The number of unbranched alkanes of at least 4 members (excludes halogenated alkanes) is 1. The van der Waals surface area contributed by atoms with Gasteiger partial charge in [-0.05, 0) is 42.2 Å². The van der Waals surface area contributed by atoms with Crippen LogP contribution < -0.4 is 4.74 Å². The van der Waals surface area contributed by atoms with Gasteiger partial charge in [0, 0.05) is 12.8 Å². The molecule has 1 rings (SSSR count). The highest BCUT2D eigenvalue weighted by atomic mass is 16.5. The summed E-state index contributed by atoms with van der Waals surface area (Å²) < 4.78 is 5.13. The zero-order valence-corrected chi connectivity index (χ0v) is 11.9. The maximum Gasteiger partial charge on any atom is 0.118 e. The van der Waals surface area contributed by atoms with E-state index in [1.807, 2.05) is 30.5 Å². The fourth-order valence-electron chi connectivity index (χ4n) is 1.91. The van der Waals surface area contributed by atoms with Crippen LogP contribution in [0.1, 0.15) is 45.1 Å². The number of benzene rings is 1. The first-order chi connectivity index (χ1) is 8.80. The lowest BCUT2D eigenvalue weighted by molar-refractivity contribution is 0.415. The Balaban J connectivity index is 2.42. The van der Waals surface area contributed by atoms with Crippen LogP contribution in [0.5, 0.6) is 5.75 Å². The Morgan fingerprint density at radius 1 is 1.22 bits per heavy atom. The fourth-order valence-corrected chi connectivity index (χ4v) is 1.91. The third-order valence-electron chi connectivity index (χ3n) is 3.26. The zero-order chi connectivity index (χ0) is 13.2. The lowest BCUT2D eigenvalue weighted by Gasteiger charge is -2.10. The Hall–Kier alpha value is -1.31. The minimum absolute atomic E-state index is 0.736. The zero-order valence-electron chi connectivity index (χ0n) is 11.9. The van der Waals surface area contributed by atoms with Crippen LogP contribution >= 0.6 is 0 Å². The predicted octanol–water partition coefficient (Wildman–Crippen LogP) is 4.33. The lowest BCUT2D eigenvalue weighted by atomic mass is 10.00. The van der Waals surface area contributed by atoms with Crippen molar-refractivity contribution in [2.24, 2.45) is 10.9 Å². The first-order valence-electron chi connectivity index (χ1n) is 6.94. The summed E-state index contributed by atoms with van der Waals surface area (Å²) in [6.45, 7) is 5.44. The second-order valence-electron chi connectivity index (χ2n) is 4.68. The molecule has 0 aliphatic rings. The molecule has 18 heavy (non-hydrogen) atoms. The molecule has 1 atom stereocenters. The van der Waals surface area contributed by atoms with Crippen molar-refractivity contribution in [1.29, 1.82) is 0 Å². The average molecular weight is 247 g/mol. The summed E-state index contributed by atoms with van der Waals surface area (Å²) in [5, 5.41) is 0. The molecule has 2 heteroatoms. The van der Waals surface area contributed by atoms with Crippen molar-refractivity contribution in [3.05, 3.63) is 29.8 Å². The summed E-state index contributed by atoms with van der Waals surface area (Å²) in [6, 6.07) is 8.01. The molecule has 1 aromatic rings. The third-order valence-corrected chi connectivity index (χ3v) is 3.26. The summed E-state index contributed by atoms with van der Waals surface area (Å²) in [5.74, 6) is 1.63. The Morgan fingerprint density at radius 3 is 2.50 bits per heavy atom. The highest BCUT2D eigenvalue weighted by molar-refractivity contribution is 5.79. The Morgan fingerprint density at radius 2 is 1.94 bits per heavy atom. The van der Waals surface area contributed by atoms with E-state index >= 15 is 0 Å². The van der Waals surface area contributed by atoms with Gasteiger partial charge in [0.1, 0.15) is 5.75 Å². The minimum Gasteiger partial charge on any atom is -0.497 e. The molecule has 0 aliphatic heterocycles. The molecule has 1 aromatic carbocycles. The van der Waals surface area contributed by atoms with Gasteiger partial charge >= 0.3 is 0 Å². The number of ether oxygens (including phenoxy) is 1. The van der Waals surface area contributed by atoms with Crippen molar-refractivity contribution in [2.75, 3.05) is 13.7 Å². The Kier molecular flexibility index (Phi) is 7.16. The van der Waals surface area contributed by atoms with Crippen LogP contribution in [0.3, 0.4) is 0 Å². The minimum atomic E-state index is 0.736. The van der Waals surface area contributed by atoms with Crippen LogP contribution in [0, 0.1) is 5.92 Å². The molecule has 0 radical (unpaired) electrons. The Bertz CT molecular complexity index is 343. The Labute approximate surface area is 111 Å². The molecule has 2 nitrogen and oxygen atoms in total. The molecule has 0 N–H and O–H groups in total. The van der Waals surface area contributed by atoms with E-state index in [-0.39, 0.29) is 0 Å². The normalized spacial score (nSPS) is 12.8. The molecule has 0 aromatic heterocycles. The second-order valence-corrected chi connectivity index (χ2v) is 4.68. The summed E-state index contributed by atoms with van der Waals surface area (Å²) in [5.41, 5.74) is 1.14. The molecule has 1 unspecified atom stereocenters. The van der Waals surface area contributed by atoms with Crippen LogP contribution in [0.2, 0.25) is 0 Å². The van der Waals surface area contributed by atoms with Gasteiger partial charge in [-0.3, -0.25) is 4.99 Å². The van der Waals surface area contributed by atoms with Gasteiger partial charge in [-0.1, -0.05) is 33.1 Å². The molecule has 0 aliphatic carbocycles. The fraction of sp³-hybridized carbons (Fsp3) is 0.562. The van der Waals surface area contributed by atoms with E-state index in [1.54, 1.807) is 7.11 Å². The van der Waals surface area contributed by atoms with Crippen LogP contribution in [0.4, 0.5) is 0 Å². The van der Waals surface area contributed by atoms with Crippen LogP contribution in [0.25, 0.3) is 0 Å². The van der Waals surface area contributed by atoms with Crippen molar-refractivity contribution in [2.45, 2.75) is 39.5 Å². The van der Waals surface area contributed by atoms with Gasteiger partial charge in [0.25, 0.3) is 0 Å². The highest BCUT2D eigenvalue weighted by Crippen LogP contribution is 2.13. The van der Waals surface area contributed by atoms with Crippen molar-refractivity contribution >= 4 is 6.21 Å². The van der Waals surface area contributed by atoms with Gasteiger partial charge in [0.05, 0.1) is 7.11 Å². The molecule has 0 saturated carbocycles. The van der Waals surface area contributed by atoms with E-state index in [4.69, 9.17) is 4.74 Å². The molecule has 0 amide bonds. The maximum atomic E-state index is 5.13. The molecule has 100 valence electrons. The van der Waals surface area contributed by atoms with E-state index in [9.17, 15) is 0 Å². The summed E-state index contributed by atoms with van der Waals surface area (Å²) in [7, 11) is 1.68. The molecule has 0 spiro atoms. The van der Waals surface area contributed by atoms with E-state index in [1.165, 1.54) is 25.7 Å². The van der Waals surface area contributed by atoms with Gasteiger partial charge < -0.3 is 4.74 Å². The van der Waals surface area contributed by atoms with Crippen LogP contribution in [0.15, 0.2) is 29.3 Å². The molecule has 0 saturated heterocycles. The molecular weight excluding hydrogens is 222 g/mol. The largest absolute Gasteiger partial charge is 0.497 e. The van der Waals surface area contributed by atoms with Gasteiger partial charge in [-0.15, -0.1) is 0 Å². The predicted molar refractivity (Wildman–Crippen MR) is 78.8 cm³/mol. The number of nitrogens with zero attached hydrogens (tertiary/aromatic N) is 1. The van der Waals surface area contributed by atoms with Crippen molar-refractivity contribution < 1.29 is 4.74 Å². The number of aliphatic imine (C=N–C) groups is 1. The number of rotatable bonds is 8. The SMILES string of the molecule is CCCCC(CC)CN=Cc1ccc(OC)cc1. The first-order valence-corrected chi connectivity index (χ1v) is 6.94. The molecular formula is C16H25NO. The number of methoxy groups -OCH3 is 1. The van der Waals surface area contributed by atoms with E-state index in [0.717, 1.165) is 23.8 Å². The first kappa shape index (κ1) is 14.7. The quantitative estimate of drug-likeness (QED) is 0.626. The van der Waals surface area contributed by atoms with Crippen molar-refractivity contribution in [1.82, 2.24) is 0 Å².